The van der Waals surface area contributed by atoms with Crippen LogP contribution in [-0.2, 0) is 12.2 Å². The molecule has 0 aliphatic rings. The molecular weight excluding hydrogens is 313 g/mol. The molecule has 0 saturated heterocycles. The summed E-state index contributed by atoms with van der Waals surface area (Å²) in [4.78, 5) is 0. The number of hydrogen-bond donors (Lipinski definition) is 1. The van der Waals surface area contributed by atoms with E-state index in [1.54, 1.807) is 12.1 Å². The van der Waals surface area contributed by atoms with Crippen molar-refractivity contribution in [1.29, 1.82) is 0 Å². The number of halogens is 1. The first-order chi connectivity index (χ1) is 11.2. The maximum atomic E-state index is 12.9. The van der Waals surface area contributed by atoms with Gasteiger partial charge in [-0.15, -0.1) is 10.2 Å². The van der Waals surface area contributed by atoms with E-state index in [1.165, 1.54) is 29.5 Å². The fourth-order valence-electron chi connectivity index (χ4n) is 2.16. The van der Waals surface area contributed by atoms with Crippen LogP contribution in [0.2, 0.25) is 0 Å². The maximum Gasteiger partial charge on any atom is 0.277 e. The van der Waals surface area contributed by atoms with Crippen LogP contribution in [0.15, 0.2) is 64.2 Å². The fourth-order valence-corrected chi connectivity index (χ4v) is 2.88. The largest absolute Gasteiger partial charge is 0.410 e. The molecule has 1 heterocycles. The molecular formula is C17H17FN3OS+. The Kier molecular flexibility index (Phi) is 5.05. The minimum Gasteiger partial charge on any atom is -0.410 e. The summed E-state index contributed by atoms with van der Waals surface area (Å²) in [6.07, 6.45) is 0.755. The number of quaternary nitrogens is 1. The molecule has 0 saturated carbocycles. The van der Waals surface area contributed by atoms with Gasteiger partial charge in [-0.3, -0.25) is 0 Å². The quantitative estimate of drug-likeness (QED) is 0.706. The minimum absolute atomic E-state index is 0.0786. The second-order valence-electron chi connectivity index (χ2n) is 5.21. The third kappa shape index (κ3) is 4.40. The summed E-state index contributed by atoms with van der Waals surface area (Å²) in [5, 5.41) is 8.63. The molecule has 3 aromatic rings. The zero-order chi connectivity index (χ0) is 16.1. The van der Waals surface area contributed by atoms with Gasteiger partial charge in [0.05, 0.1) is 0 Å². The average Bonchev–Trinajstić information content (AvgIpc) is 3.04. The number of thioether (sulfide) groups is 1. The Balaban J connectivity index is 1.58. The van der Waals surface area contributed by atoms with Gasteiger partial charge in [0, 0.05) is 12.2 Å². The van der Waals surface area contributed by atoms with Gasteiger partial charge in [-0.2, -0.15) is 0 Å². The summed E-state index contributed by atoms with van der Waals surface area (Å²) in [5.41, 5.74) is 6.29. The summed E-state index contributed by atoms with van der Waals surface area (Å²) in [5.74, 6) is 0.956. The van der Waals surface area contributed by atoms with Crippen molar-refractivity contribution >= 4 is 11.8 Å². The molecule has 118 valence electrons. The molecule has 0 spiro atoms. The number of hydrogen-bond acceptors (Lipinski definition) is 4. The second kappa shape index (κ2) is 7.39. The van der Waals surface area contributed by atoms with Gasteiger partial charge < -0.3 is 10.2 Å². The van der Waals surface area contributed by atoms with Gasteiger partial charge in [-0.25, -0.2) is 4.39 Å². The number of rotatable bonds is 6. The molecule has 0 aliphatic heterocycles. The topological polar surface area (TPSA) is 66.6 Å². The van der Waals surface area contributed by atoms with E-state index in [9.17, 15) is 4.39 Å². The molecule has 0 fully saturated rings. The normalized spacial score (nSPS) is 12.3. The van der Waals surface area contributed by atoms with Crippen molar-refractivity contribution in [2.24, 2.45) is 0 Å². The van der Waals surface area contributed by atoms with E-state index < -0.39 is 0 Å². The Labute approximate surface area is 137 Å². The van der Waals surface area contributed by atoms with Crippen molar-refractivity contribution in [1.82, 2.24) is 10.2 Å². The number of nitrogens with zero attached hydrogens (tertiary/aromatic N) is 2. The summed E-state index contributed by atoms with van der Waals surface area (Å²) in [6, 6.07) is 16.4. The molecule has 1 aromatic heterocycles. The Bertz CT molecular complexity index is 746. The van der Waals surface area contributed by atoms with Crippen LogP contribution in [0, 0.1) is 5.82 Å². The van der Waals surface area contributed by atoms with E-state index >= 15 is 0 Å². The van der Waals surface area contributed by atoms with E-state index in [-0.39, 0.29) is 11.9 Å². The van der Waals surface area contributed by atoms with Crippen LogP contribution in [0.4, 0.5) is 4.39 Å². The molecule has 2 aromatic carbocycles. The van der Waals surface area contributed by atoms with Crippen molar-refractivity contribution in [2.75, 3.05) is 0 Å². The highest BCUT2D eigenvalue weighted by atomic mass is 32.2. The molecule has 0 amide bonds. The summed E-state index contributed by atoms with van der Waals surface area (Å²) in [6.45, 7) is 0. The van der Waals surface area contributed by atoms with Crippen LogP contribution >= 0.6 is 11.8 Å². The van der Waals surface area contributed by atoms with Crippen molar-refractivity contribution in [2.45, 2.75) is 23.4 Å². The first-order valence-corrected chi connectivity index (χ1v) is 8.27. The first-order valence-electron chi connectivity index (χ1n) is 7.28. The maximum absolute atomic E-state index is 12.9. The monoisotopic (exact) mass is 330 g/mol. The number of benzene rings is 2. The second-order valence-corrected chi connectivity index (χ2v) is 6.13. The molecule has 23 heavy (non-hydrogen) atoms. The van der Waals surface area contributed by atoms with Crippen LogP contribution in [-0.4, -0.2) is 10.2 Å². The molecule has 1 atom stereocenters. The van der Waals surface area contributed by atoms with Crippen molar-refractivity contribution in [3.05, 3.63) is 77.4 Å². The van der Waals surface area contributed by atoms with E-state index in [1.807, 2.05) is 18.2 Å². The predicted molar refractivity (Wildman–Crippen MR) is 86.0 cm³/mol. The Morgan fingerprint density at radius 1 is 1.00 bits per heavy atom. The molecule has 6 heteroatoms. The zero-order valence-electron chi connectivity index (χ0n) is 12.5. The Morgan fingerprint density at radius 3 is 2.48 bits per heavy atom. The highest BCUT2D eigenvalue weighted by molar-refractivity contribution is 7.98. The lowest BCUT2D eigenvalue weighted by atomic mass is 10.1. The highest BCUT2D eigenvalue weighted by Crippen LogP contribution is 2.23. The van der Waals surface area contributed by atoms with Crippen molar-refractivity contribution in [3.63, 3.8) is 0 Å². The molecule has 0 bridgehead atoms. The van der Waals surface area contributed by atoms with E-state index in [0.717, 1.165) is 12.0 Å². The highest BCUT2D eigenvalue weighted by Gasteiger charge is 2.18. The van der Waals surface area contributed by atoms with Gasteiger partial charge in [-0.05, 0) is 23.3 Å². The SMILES string of the molecule is [NH3+][C@@H](Cc1ccccc1)c1nnc(SCc2ccc(F)cc2)o1. The zero-order valence-corrected chi connectivity index (χ0v) is 13.3. The lowest BCUT2D eigenvalue weighted by Gasteiger charge is -2.03. The summed E-state index contributed by atoms with van der Waals surface area (Å²) in [7, 11) is 0. The van der Waals surface area contributed by atoms with Crippen LogP contribution in [0.1, 0.15) is 23.1 Å². The van der Waals surface area contributed by atoms with Crippen LogP contribution in [0.3, 0.4) is 0 Å². The third-order valence-electron chi connectivity index (χ3n) is 3.37. The molecule has 0 radical (unpaired) electrons. The van der Waals surface area contributed by atoms with Gasteiger partial charge in [0.15, 0.2) is 6.04 Å². The Hall–Kier alpha value is -2.18. The molecule has 3 N–H and O–H groups in total. The van der Waals surface area contributed by atoms with Gasteiger partial charge >= 0.3 is 0 Å². The average molecular weight is 330 g/mol. The first kappa shape index (κ1) is 15.7. The summed E-state index contributed by atoms with van der Waals surface area (Å²) >= 11 is 1.43. The third-order valence-corrected chi connectivity index (χ3v) is 4.26. The summed E-state index contributed by atoms with van der Waals surface area (Å²) < 4.78 is 18.5. The van der Waals surface area contributed by atoms with Crippen LogP contribution in [0.5, 0.6) is 0 Å². The van der Waals surface area contributed by atoms with Gasteiger partial charge in [0.25, 0.3) is 11.1 Å². The van der Waals surface area contributed by atoms with Crippen LogP contribution < -0.4 is 5.73 Å². The van der Waals surface area contributed by atoms with Gasteiger partial charge in [0.1, 0.15) is 5.82 Å². The molecule has 3 rings (SSSR count). The van der Waals surface area contributed by atoms with Gasteiger partial charge in [-0.1, -0.05) is 54.2 Å². The predicted octanol–water partition coefficient (Wildman–Crippen LogP) is 3.03. The lowest BCUT2D eigenvalue weighted by Crippen LogP contribution is -2.54. The van der Waals surface area contributed by atoms with Crippen molar-refractivity contribution in [3.8, 4) is 0 Å². The Morgan fingerprint density at radius 2 is 1.74 bits per heavy atom. The smallest absolute Gasteiger partial charge is 0.277 e. The molecule has 0 unspecified atom stereocenters. The standard InChI is InChI=1S/C17H16FN3OS/c18-14-8-6-13(7-9-14)11-23-17-21-20-16(22-17)15(19)10-12-4-2-1-3-5-12/h1-9,15H,10-11,19H2/p+1/t15-/m0/s1. The van der Waals surface area contributed by atoms with Crippen LogP contribution in [0.25, 0.3) is 0 Å². The van der Waals surface area contributed by atoms with E-state index in [4.69, 9.17) is 4.42 Å². The van der Waals surface area contributed by atoms with E-state index in [2.05, 4.69) is 28.1 Å². The van der Waals surface area contributed by atoms with Crippen molar-refractivity contribution < 1.29 is 14.5 Å². The molecule has 0 aliphatic carbocycles. The fraction of sp³-hybridized carbons (Fsp3) is 0.176. The van der Waals surface area contributed by atoms with Gasteiger partial charge in [0.2, 0.25) is 0 Å². The molecule has 4 nitrogen and oxygen atoms in total. The van der Waals surface area contributed by atoms with E-state index in [0.29, 0.717) is 16.9 Å². The number of aromatic nitrogens is 2. The lowest BCUT2D eigenvalue weighted by molar-refractivity contribution is -0.431. The minimum atomic E-state index is -0.236.